The largest absolute Gasteiger partial charge is 0.480 e. The molecular weight excluding hydrogens is 250 g/mol. The highest BCUT2D eigenvalue weighted by Gasteiger charge is 2.26. The lowest BCUT2D eigenvalue weighted by atomic mass is 10.0. The van der Waals surface area contributed by atoms with Gasteiger partial charge in [-0.3, -0.25) is 9.59 Å². The summed E-state index contributed by atoms with van der Waals surface area (Å²) < 4.78 is 4.68. The van der Waals surface area contributed by atoms with Gasteiger partial charge in [0.25, 0.3) is 0 Å². The van der Waals surface area contributed by atoms with Crippen molar-refractivity contribution in [3.63, 3.8) is 0 Å². The first-order valence-electron chi connectivity index (χ1n) is 6.70. The van der Waals surface area contributed by atoms with Crippen molar-refractivity contribution in [3.8, 4) is 0 Å². The Morgan fingerprint density at radius 2 is 1.95 bits per heavy atom. The van der Waals surface area contributed by atoms with Crippen LogP contribution in [0.25, 0.3) is 0 Å². The number of carbonyl (C=O) groups is 3. The molecule has 2 N–H and O–H groups in total. The van der Waals surface area contributed by atoms with E-state index in [2.05, 4.69) is 10.1 Å². The van der Waals surface area contributed by atoms with Gasteiger partial charge in [-0.15, -0.1) is 0 Å². The predicted octanol–water partition coefficient (Wildman–Crippen LogP) is 1.09. The number of carbonyl (C=O) groups excluding carboxylic acids is 2. The number of carboxylic acids is 1. The molecule has 0 aliphatic heterocycles. The van der Waals surface area contributed by atoms with Crippen molar-refractivity contribution < 1.29 is 24.2 Å². The van der Waals surface area contributed by atoms with Crippen LogP contribution in [0.5, 0.6) is 0 Å². The number of carboxylic acid groups (broad SMARTS) is 1. The first-order valence-corrected chi connectivity index (χ1v) is 6.70. The van der Waals surface area contributed by atoms with Crippen molar-refractivity contribution in [2.45, 2.75) is 51.5 Å². The fourth-order valence-electron chi connectivity index (χ4n) is 2.32. The Hall–Kier alpha value is -1.59. The van der Waals surface area contributed by atoms with Gasteiger partial charge in [0.1, 0.15) is 6.04 Å². The van der Waals surface area contributed by atoms with Crippen LogP contribution in [-0.4, -0.2) is 35.6 Å². The standard InChI is InChI=1S/C13H21NO5/c1-2-19-12(16)8-10(13(17)18)14-11(15)7-9-5-3-4-6-9/h9-10H,2-8H2,1H3,(H,14,15)(H,17,18)/t10-/m1/s1. The van der Waals surface area contributed by atoms with Crippen molar-refractivity contribution in [3.05, 3.63) is 0 Å². The molecule has 1 aliphatic rings. The molecule has 0 unspecified atom stereocenters. The molecule has 0 aromatic heterocycles. The average Bonchev–Trinajstić information content (AvgIpc) is 2.81. The number of ether oxygens (including phenoxy) is 1. The summed E-state index contributed by atoms with van der Waals surface area (Å²) in [6.45, 7) is 1.84. The molecule has 6 nitrogen and oxygen atoms in total. The number of amides is 1. The normalized spacial score (nSPS) is 16.9. The van der Waals surface area contributed by atoms with E-state index in [4.69, 9.17) is 5.11 Å². The predicted molar refractivity (Wildman–Crippen MR) is 67.4 cm³/mol. The molecule has 0 saturated heterocycles. The van der Waals surface area contributed by atoms with Crippen molar-refractivity contribution >= 4 is 17.8 Å². The van der Waals surface area contributed by atoms with Crippen LogP contribution in [0.4, 0.5) is 0 Å². The lowest BCUT2D eigenvalue weighted by molar-refractivity contribution is -0.150. The van der Waals surface area contributed by atoms with Crippen LogP contribution in [0.1, 0.15) is 45.4 Å². The Morgan fingerprint density at radius 3 is 2.47 bits per heavy atom. The van der Waals surface area contributed by atoms with Gasteiger partial charge in [-0.05, 0) is 25.7 Å². The minimum atomic E-state index is -1.21. The van der Waals surface area contributed by atoms with Crippen molar-refractivity contribution in [2.75, 3.05) is 6.61 Å². The van der Waals surface area contributed by atoms with Gasteiger partial charge in [0.05, 0.1) is 13.0 Å². The molecule has 19 heavy (non-hydrogen) atoms. The van der Waals surface area contributed by atoms with E-state index in [1.807, 2.05) is 0 Å². The van der Waals surface area contributed by atoms with Crippen LogP contribution >= 0.6 is 0 Å². The molecule has 0 heterocycles. The number of esters is 1. The second-order valence-corrected chi connectivity index (χ2v) is 4.82. The van der Waals surface area contributed by atoms with Gasteiger partial charge >= 0.3 is 11.9 Å². The minimum absolute atomic E-state index is 0.196. The SMILES string of the molecule is CCOC(=O)C[C@@H](NC(=O)CC1CCCC1)C(=O)O. The molecule has 1 saturated carbocycles. The number of nitrogens with one attached hydrogen (secondary N) is 1. The third kappa shape index (κ3) is 5.72. The molecule has 1 fully saturated rings. The third-order valence-corrected chi connectivity index (χ3v) is 3.26. The number of aliphatic carboxylic acids is 1. The highest BCUT2D eigenvalue weighted by molar-refractivity contribution is 5.87. The second kappa shape index (κ2) is 7.76. The third-order valence-electron chi connectivity index (χ3n) is 3.26. The fraction of sp³-hybridized carbons (Fsp3) is 0.769. The zero-order chi connectivity index (χ0) is 14.3. The molecule has 1 atom stereocenters. The van der Waals surface area contributed by atoms with Gasteiger partial charge in [0.2, 0.25) is 5.91 Å². The van der Waals surface area contributed by atoms with Gasteiger partial charge in [0.15, 0.2) is 0 Å². The molecule has 108 valence electrons. The quantitative estimate of drug-likeness (QED) is 0.676. The van der Waals surface area contributed by atoms with Gasteiger partial charge < -0.3 is 15.2 Å². The first-order chi connectivity index (χ1) is 9.02. The molecular formula is C13H21NO5. The van der Waals surface area contributed by atoms with Crippen molar-refractivity contribution in [1.82, 2.24) is 5.32 Å². The van der Waals surface area contributed by atoms with Crippen LogP contribution < -0.4 is 5.32 Å². The Bertz CT molecular complexity index is 336. The summed E-state index contributed by atoms with van der Waals surface area (Å²) in [7, 11) is 0. The zero-order valence-corrected chi connectivity index (χ0v) is 11.2. The molecule has 1 aliphatic carbocycles. The van der Waals surface area contributed by atoms with E-state index in [0.29, 0.717) is 12.3 Å². The van der Waals surface area contributed by atoms with Crippen LogP contribution in [0, 0.1) is 5.92 Å². The van der Waals surface area contributed by atoms with Gasteiger partial charge in [0, 0.05) is 6.42 Å². The maximum absolute atomic E-state index is 11.7. The van der Waals surface area contributed by atoms with Crippen molar-refractivity contribution in [2.24, 2.45) is 5.92 Å². The maximum atomic E-state index is 11.7. The Balaban J connectivity index is 2.41. The summed E-state index contributed by atoms with van der Waals surface area (Å²) in [5.74, 6) is -1.79. The molecule has 0 aromatic carbocycles. The number of hydrogen-bond acceptors (Lipinski definition) is 4. The molecule has 0 spiro atoms. The van der Waals surface area contributed by atoms with Crippen LogP contribution in [0.3, 0.4) is 0 Å². The summed E-state index contributed by atoms with van der Waals surface area (Å²) in [6, 6.07) is -1.20. The summed E-state index contributed by atoms with van der Waals surface area (Å²) in [5.41, 5.74) is 0. The molecule has 0 aromatic rings. The summed E-state index contributed by atoms with van der Waals surface area (Å²) in [4.78, 5) is 34.0. The van der Waals surface area contributed by atoms with Gasteiger partial charge in [-0.2, -0.15) is 0 Å². The molecule has 1 rings (SSSR count). The summed E-state index contributed by atoms with van der Waals surface area (Å²) in [5, 5.41) is 11.4. The van der Waals surface area contributed by atoms with Crippen molar-refractivity contribution in [1.29, 1.82) is 0 Å². The van der Waals surface area contributed by atoms with E-state index in [1.54, 1.807) is 6.92 Å². The lowest BCUT2D eigenvalue weighted by Crippen LogP contribution is -2.42. The average molecular weight is 271 g/mol. The van der Waals surface area contributed by atoms with E-state index in [0.717, 1.165) is 25.7 Å². The Kier molecular flexibility index (Phi) is 6.32. The second-order valence-electron chi connectivity index (χ2n) is 4.82. The highest BCUT2D eigenvalue weighted by atomic mass is 16.5. The van der Waals surface area contributed by atoms with Crippen LogP contribution in [-0.2, 0) is 19.1 Å². The zero-order valence-electron chi connectivity index (χ0n) is 11.2. The monoisotopic (exact) mass is 271 g/mol. The molecule has 0 radical (unpaired) electrons. The number of hydrogen-bond donors (Lipinski definition) is 2. The van der Waals surface area contributed by atoms with E-state index in [-0.39, 0.29) is 18.9 Å². The topological polar surface area (TPSA) is 92.7 Å². The van der Waals surface area contributed by atoms with Gasteiger partial charge in [-0.1, -0.05) is 12.8 Å². The molecule has 1 amide bonds. The minimum Gasteiger partial charge on any atom is -0.480 e. The summed E-state index contributed by atoms with van der Waals surface area (Å²) >= 11 is 0. The lowest BCUT2D eigenvalue weighted by Gasteiger charge is -2.15. The van der Waals surface area contributed by atoms with Crippen LogP contribution in [0.15, 0.2) is 0 Å². The fourth-order valence-corrected chi connectivity index (χ4v) is 2.32. The molecule has 6 heteroatoms. The van der Waals surface area contributed by atoms with E-state index < -0.39 is 18.0 Å². The van der Waals surface area contributed by atoms with E-state index in [9.17, 15) is 14.4 Å². The van der Waals surface area contributed by atoms with E-state index >= 15 is 0 Å². The number of rotatable bonds is 7. The molecule has 0 bridgehead atoms. The van der Waals surface area contributed by atoms with E-state index in [1.165, 1.54) is 0 Å². The van der Waals surface area contributed by atoms with Crippen LogP contribution in [0.2, 0.25) is 0 Å². The first kappa shape index (κ1) is 15.5. The highest BCUT2D eigenvalue weighted by Crippen LogP contribution is 2.27. The summed E-state index contributed by atoms with van der Waals surface area (Å²) in [6.07, 6.45) is 4.30. The maximum Gasteiger partial charge on any atom is 0.326 e. The Morgan fingerprint density at radius 1 is 1.32 bits per heavy atom. The Labute approximate surface area is 112 Å². The smallest absolute Gasteiger partial charge is 0.326 e. The van der Waals surface area contributed by atoms with Gasteiger partial charge in [-0.25, -0.2) is 4.79 Å².